The summed E-state index contributed by atoms with van der Waals surface area (Å²) in [6.45, 7) is 7.68. The molecular weight excluding hydrogens is 206 g/mol. The average molecular weight is 227 g/mol. The summed E-state index contributed by atoms with van der Waals surface area (Å²) in [6.07, 6.45) is 2.97. The molecule has 3 heteroatoms. The largest absolute Gasteiger partial charge is 0.468 e. The van der Waals surface area contributed by atoms with Gasteiger partial charge in [-0.25, -0.2) is 0 Å². The second-order valence-corrected chi connectivity index (χ2v) is 5.33. The Morgan fingerprint density at radius 2 is 2.27 bits per heavy atom. The molecule has 0 aliphatic carbocycles. The van der Waals surface area contributed by atoms with E-state index in [0.717, 1.165) is 17.6 Å². The maximum atomic E-state index is 5.33. The van der Waals surface area contributed by atoms with Crippen LogP contribution in [0.2, 0.25) is 0 Å². The van der Waals surface area contributed by atoms with E-state index in [-0.39, 0.29) is 0 Å². The van der Waals surface area contributed by atoms with Gasteiger partial charge < -0.3 is 9.73 Å². The highest BCUT2D eigenvalue weighted by molar-refractivity contribution is 7.99. The molecule has 1 rings (SSSR count). The fraction of sp³-hybridized carbons (Fsp3) is 0.667. The lowest BCUT2D eigenvalue weighted by molar-refractivity contribution is 0.438. The van der Waals surface area contributed by atoms with Crippen molar-refractivity contribution < 1.29 is 4.42 Å². The van der Waals surface area contributed by atoms with Crippen molar-refractivity contribution in [3.05, 3.63) is 24.2 Å². The summed E-state index contributed by atoms with van der Waals surface area (Å²) in [6, 6.07) is 4.26. The Morgan fingerprint density at radius 1 is 1.47 bits per heavy atom. The van der Waals surface area contributed by atoms with Gasteiger partial charge in [-0.3, -0.25) is 0 Å². The van der Waals surface area contributed by atoms with Crippen LogP contribution < -0.4 is 5.32 Å². The fourth-order valence-electron chi connectivity index (χ4n) is 1.29. The van der Waals surface area contributed by atoms with Crippen LogP contribution in [-0.4, -0.2) is 17.5 Å². The molecule has 1 N–H and O–H groups in total. The molecule has 0 amide bonds. The zero-order valence-corrected chi connectivity index (χ0v) is 10.6. The zero-order valence-electron chi connectivity index (χ0n) is 9.82. The topological polar surface area (TPSA) is 25.2 Å². The summed E-state index contributed by atoms with van der Waals surface area (Å²) >= 11 is 2.02. The number of hydrogen-bond donors (Lipinski definition) is 1. The van der Waals surface area contributed by atoms with Crippen LogP contribution in [0.1, 0.15) is 39.0 Å². The highest BCUT2D eigenvalue weighted by atomic mass is 32.2. The van der Waals surface area contributed by atoms with E-state index < -0.39 is 0 Å². The molecule has 0 saturated heterocycles. The van der Waals surface area contributed by atoms with Gasteiger partial charge in [-0.1, -0.05) is 13.8 Å². The summed E-state index contributed by atoms with van der Waals surface area (Å²) in [7, 11) is 0. The Hall–Kier alpha value is -0.410. The molecule has 0 aromatic carbocycles. The molecule has 2 nitrogen and oxygen atoms in total. The van der Waals surface area contributed by atoms with Crippen LogP contribution in [0.5, 0.6) is 0 Å². The van der Waals surface area contributed by atoms with Gasteiger partial charge >= 0.3 is 0 Å². The van der Waals surface area contributed by atoms with Crippen LogP contribution in [0.15, 0.2) is 22.8 Å². The highest BCUT2D eigenvalue weighted by Crippen LogP contribution is 2.14. The molecule has 0 bridgehead atoms. The molecule has 2 atom stereocenters. The molecule has 15 heavy (non-hydrogen) atoms. The molecule has 1 aromatic heterocycles. The van der Waals surface area contributed by atoms with Crippen molar-refractivity contribution in [3.63, 3.8) is 0 Å². The predicted molar refractivity (Wildman–Crippen MR) is 67.3 cm³/mol. The second kappa shape index (κ2) is 6.96. The molecule has 0 fully saturated rings. The highest BCUT2D eigenvalue weighted by Gasteiger charge is 2.06. The van der Waals surface area contributed by atoms with Gasteiger partial charge in [0.25, 0.3) is 0 Å². The van der Waals surface area contributed by atoms with Gasteiger partial charge in [0.1, 0.15) is 5.76 Å². The van der Waals surface area contributed by atoms with Crippen molar-refractivity contribution in [1.29, 1.82) is 0 Å². The maximum absolute atomic E-state index is 5.33. The molecule has 0 aliphatic rings. The van der Waals surface area contributed by atoms with Gasteiger partial charge in [0.05, 0.1) is 12.3 Å². The molecule has 2 unspecified atom stereocenters. The lowest BCUT2D eigenvalue weighted by atomic mass is 10.2. The first kappa shape index (κ1) is 12.7. The lowest BCUT2D eigenvalue weighted by Crippen LogP contribution is -2.21. The maximum Gasteiger partial charge on any atom is 0.120 e. The van der Waals surface area contributed by atoms with Crippen LogP contribution in [0, 0.1) is 0 Å². The summed E-state index contributed by atoms with van der Waals surface area (Å²) in [5.74, 6) is 2.18. The second-order valence-electron chi connectivity index (χ2n) is 3.78. The molecule has 0 aliphatic heterocycles. The monoisotopic (exact) mass is 227 g/mol. The van der Waals surface area contributed by atoms with Crippen LogP contribution in [0.3, 0.4) is 0 Å². The molecule has 1 heterocycles. The molecule has 0 radical (unpaired) electrons. The molecular formula is C12H21NOS. The first-order chi connectivity index (χ1) is 7.24. The smallest absolute Gasteiger partial charge is 0.120 e. The van der Waals surface area contributed by atoms with E-state index >= 15 is 0 Å². The Kier molecular flexibility index (Phi) is 5.88. The van der Waals surface area contributed by atoms with Crippen LogP contribution >= 0.6 is 11.8 Å². The van der Waals surface area contributed by atoms with E-state index in [9.17, 15) is 0 Å². The van der Waals surface area contributed by atoms with Gasteiger partial charge in [-0.05, 0) is 25.5 Å². The summed E-state index contributed by atoms with van der Waals surface area (Å²) in [5.41, 5.74) is 0. The van der Waals surface area contributed by atoms with Crippen molar-refractivity contribution in [2.24, 2.45) is 0 Å². The number of thioether (sulfide) groups is 1. The molecule has 86 valence electrons. The first-order valence-corrected chi connectivity index (χ1v) is 6.67. The first-order valence-electron chi connectivity index (χ1n) is 5.62. The van der Waals surface area contributed by atoms with Gasteiger partial charge in [-0.15, -0.1) is 0 Å². The minimum Gasteiger partial charge on any atom is -0.468 e. The average Bonchev–Trinajstić information content (AvgIpc) is 2.77. The Labute approximate surface area is 96.8 Å². The SMILES string of the molecule is CCC(C)SCCNC(C)c1ccco1. The minimum absolute atomic E-state index is 0.317. The van der Waals surface area contributed by atoms with E-state index in [2.05, 4.69) is 26.1 Å². The third-order valence-electron chi connectivity index (χ3n) is 2.50. The van der Waals surface area contributed by atoms with E-state index in [4.69, 9.17) is 4.42 Å². The standard InChI is InChI=1S/C12H21NOS/c1-4-10(2)15-9-7-13-11(3)12-6-5-8-14-12/h5-6,8,10-11,13H,4,7,9H2,1-3H3. The third-order valence-corrected chi connectivity index (χ3v) is 3.84. The number of nitrogens with one attached hydrogen (secondary N) is 1. The zero-order chi connectivity index (χ0) is 11.1. The molecule has 1 aromatic rings. The van der Waals surface area contributed by atoms with E-state index in [0.29, 0.717) is 6.04 Å². The predicted octanol–water partition coefficient (Wildman–Crippen LogP) is 3.46. The van der Waals surface area contributed by atoms with Crippen molar-refractivity contribution >= 4 is 11.8 Å². The van der Waals surface area contributed by atoms with Crippen molar-refractivity contribution in [3.8, 4) is 0 Å². The summed E-state index contributed by atoms with van der Waals surface area (Å²) < 4.78 is 5.33. The van der Waals surface area contributed by atoms with Gasteiger partial charge in [0.15, 0.2) is 0 Å². The Balaban J connectivity index is 2.10. The van der Waals surface area contributed by atoms with E-state index in [1.807, 2.05) is 23.9 Å². The van der Waals surface area contributed by atoms with Crippen LogP contribution in [0.25, 0.3) is 0 Å². The Bertz CT molecular complexity index is 248. The fourth-order valence-corrected chi connectivity index (χ4v) is 2.17. The Morgan fingerprint density at radius 3 is 2.87 bits per heavy atom. The quantitative estimate of drug-likeness (QED) is 0.722. The number of furan rings is 1. The van der Waals surface area contributed by atoms with Gasteiger partial charge in [0, 0.05) is 17.5 Å². The van der Waals surface area contributed by atoms with Crippen LogP contribution in [-0.2, 0) is 0 Å². The van der Waals surface area contributed by atoms with E-state index in [1.54, 1.807) is 6.26 Å². The van der Waals surface area contributed by atoms with Gasteiger partial charge in [-0.2, -0.15) is 11.8 Å². The molecule has 0 saturated carbocycles. The van der Waals surface area contributed by atoms with Crippen LogP contribution in [0.4, 0.5) is 0 Å². The third kappa shape index (κ3) is 4.76. The van der Waals surface area contributed by atoms with Crippen molar-refractivity contribution in [1.82, 2.24) is 5.32 Å². The van der Waals surface area contributed by atoms with Crippen molar-refractivity contribution in [2.75, 3.05) is 12.3 Å². The van der Waals surface area contributed by atoms with E-state index in [1.165, 1.54) is 12.2 Å². The summed E-state index contributed by atoms with van der Waals surface area (Å²) in [5, 5.41) is 4.22. The lowest BCUT2D eigenvalue weighted by Gasteiger charge is -2.12. The van der Waals surface area contributed by atoms with Gasteiger partial charge in [0.2, 0.25) is 0 Å². The number of rotatable bonds is 7. The normalized spacial score (nSPS) is 15.1. The number of hydrogen-bond acceptors (Lipinski definition) is 3. The minimum atomic E-state index is 0.317. The molecule has 0 spiro atoms. The van der Waals surface area contributed by atoms with Crippen molar-refractivity contribution in [2.45, 2.75) is 38.5 Å². The summed E-state index contributed by atoms with van der Waals surface area (Å²) in [4.78, 5) is 0.